The Morgan fingerprint density at radius 2 is 1.83 bits per heavy atom. The van der Waals surface area contributed by atoms with Crippen LogP contribution in [-0.2, 0) is 6.54 Å². The van der Waals surface area contributed by atoms with Crippen LogP contribution in [-0.4, -0.2) is 6.26 Å². The van der Waals surface area contributed by atoms with Gasteiger partial charge in [0, 0.05) is 6.54 Å². The van der Waals surface area contributed by atoms with Crippen LogP contribution in [0.5, 0.6) is 0 Å². The lowest BCUT2D eigenvalue weighted by molar-refractivity contribution is 0.537. The predicted molar refractivity (Wildman–Crippen MR) is 46.0 cm³/mol. The molecule has 0 spiro atoms. The summed E-state index contributed by atoms with van der Waals surface area (Å²) in [5.74, 6) is -1.08. The molecule has 1 rings (SSSR count). The van der Waals surface area contributed by atoms with Gasteiger partial charge >= 0.3 is 0 Å². The van der Waals surface area contributed by atoms with E-state index in [1.54, 1.807) is 6.26 Å². The molecule has 66 valence electrons. The molecule has 1 aromatic carbocycles. The van der Waals surface area contributed by atoms with E-state index in [2.05, 4.69) is 0 Å². The Balaban J connectivity index is 3.18. The van der Waals surface area contributed by atoms with Gasteiger partial charge < -0.3 is 5.73 Å². The third-order valence-corrected chi connectivity index (χ3v) is 2.30. The number of nitrogens with two attached hydrogens (primary N) is 1. The van der Waals surface area contributed by atoms with Gasteiger partial charge in [0.1, 0.15) is 11.6 Å². The highest BCUT2D eigenvalue weighted by Gasteiger charge is 2.08. The lowest BCUT2D eigenvalue weighted by Gasteiger charge is -2.03. The van der Waals surface area contributed by atoms with E-state index in [0.717, 1.165) is 11.8 Å². The molecule has 0 aromatic heterocycles. The zero-order valence-electron chi connectivity index (χ0n) is 6.60. The smallest absolute Gasteiger partial charge is 0.140 e. The number of rotatable bonds is 2. The first-order valence-corrected chi connectivity index (χ1v) is 4.63. The summed E-state index contributed by atoms with van der Waals surface area (Å²) in [4.78, 5) is 0.0483. The Labute approximate surface area is 74.0 Å². The summed E-state index contributed by atoms with van der Waals surface area (Å²) < 4.78 is 26.0. The Hall–Kier alpha value is -0.610. The first kappa shape index (κ1) is 9.48. The van der Waals surface area contributed by atoms with Gasteiger partial charge in [-0.3, -0.25) is 0 Å². The summed E-state index contributed by atoms with van der Waals surface area (Å²) in [6.45, 7) is 0.155. The summed E-state index contributed by atoms with van der Waals surface area (Å²) in [5, 5.41) is 0. The third kappa shape index (κ3) is 1.76. The molecular formula is C8H9F2NS. The molecule has 12 heavy (non-hydrogen) atoms. The minimum Gasteiger partial charge on any atom is -0.326 e. The second-order valence-corrected chi connectivity index (χ2v) is 3.11. The van der Waals surface area contributed by atoms with Crippen LogP contribution in [0.2, 0.25) is 0 Å². The average Bonchev–Trinajstić information content (AvgIpc) is 2.03. The molecule has 0 fully saturated rings. The molecule has 0 aliphatic rings. The second kappa shape index (κ2) is 3.87. The van der Waals surface area contributed by atoms with E-state index in [9.17, 15) is 8.78 Å². The number of benzene rings is 1. The van der Waals surface area contributed by atoms with Gasteiger partial charge in [0.05, 0.1) is 4.90 Å². The van der Waals surface area contributed by atoms with Crippen molar-refractivity contribution in [3.05, 3.63) is 29.3 Å². The zero-order chi connectivity index (χ0) is 9.14. The molecule has 1 aromatic rings. The molecule has 0 aliphatic heterocycles. The fourth-order valence-electron chi connectivity index (χ4n) is 0.925. The van der Waals surface area contributed by atoms with Crippen molar-refractivity contribution in [2.24, 2.45) is 5.73 Å². The van der Waals surface area contributed by atoms with Gasteiger partial charge in [-0.2, -0.15) is 0 Å². The molecular weight excluding hydrogens is 180 g/mol. The molecule has 0 bridgehead atoms. The molecule has 4 heteroatoms. The monoisotopic (exact) mass is 189 g/mol. The number of halogens is 2. The normalized spacial score (nSPS) is 10.3. The quantitative estimate of drug-likeness (QED) is 0.721. The van der Waals surface area contributed by atoms with Crippen LogP contribution in [0.25, 0.3) is 0 Å². The Kier molecular flexibility index (Phi) is 3.05. The van der Waals surface area contributed by atoms with Crippen molar-refractivity contribution in [2.75, 3.05) is 6.26 Å². The van der Waals surface area contributed by atoms with E-state index in [1.165, 1.54) is 12.1 Å². The molecule has 0 heterocycles. The maximum absolute atomic E-state index is 13.0. The number of hydrogen-bond acceptors (Lipinski definition) is 2. The third-order valence-electron chi connectivity index (χ3n) is 1.50. The molecule has 0 aliphatic carbocycles. The first-order valence-electron chi connectivity index (χ1n) is 3.41. The van der Waals surface area contributed by atoms with Crippen LogP contribution < -0.4 is 5.73 Å². The van der Waals surface area contributed by atoms with E-state index in [4.69, 9.17) is 5.73 Å². The number of thioether (sulfide) groups is 1. The first-order chi connectivity index (χ1) is 5.69. The minimum atomic E-state index is -0.539. The highest BCUT2D eigenvalue weighted by molar-refractivity contribution is 7.98. The molecule has 1 nitrogen and oxygen atoms in total. The average molecular weight is 189 g/mol. The standard InChI is InChI=1S/C8H9F2NS/c1-12-8-6(9)2-5(4-11)3-7(8)10/h2-3H,4,11H2,1H3. The van der Waals surface area contributed by atoms with E-state index < -0.39 is 11.6 Å². The Morgan fingerprint density at radius 1 is 1.33 bits per heavy atom. The molecule has 0 amide bonds. The van der Waals surface area contributed by atoms with Crippen LogP contribution in [0.3, 0.4) is 0 Å². The van der Waals surface area contributed by atoms with Gasteiger partial charge in [-0.05, 0) is 24.0 Å². The molecule has 0 unspecified atom stereocenters. The Morgan fingerprint density at radius 3 is 2.17 bits per heavy atom. The summed E-state index contributed by atoms with van der Waals surface area (Å²) in [6.07, 6.45) is 1.63. The van der Waals surface area contributed by atoms with Gasteiger partial charge in [-0.1, -0.05) is 0 Å². The lowest BCUT2D eigenvalue weighted by Crippen LogP contribution is -1.99. The van der Waals surface area contributed by atoms with Crippen molar-refractivity contribution in [2.45, 2.75) is 11.4 Å². The van der Waals surface area contributed by atoms with E-state index in [-0.39, 0.29) is 11.4 Å². The molecule has 0 radical (unpaired) electrons. The predicted octanol–water partition coefficient (Wildman–Crippen LogP) is 2.15. The zero-order valence-corrected chi connectivity index (χ0v) is 7.42. The second-order valence-electron chi connectivity index (χ2n) is 2.30. The highest BCUT2D eigenvalue weighted by atomic mass is 32.2. The largest absolute Gasteiger partial charge is 0.326 e. The molecule has 0 atom stereocenters. The van der Waals surface area contributed by atoms with Crippen molar-refractivity contribution in [3.8, 4) is 0 Å². The van der Waals surface area contributed by atoms with Gasteiger partial charge in [0.2, 0.25) is 0 Å². The summed E-state index contributed by atoms with van der Waals surface area (Å²) in [7, 11) is 0. The van der Waals surface area contributed by atoms with Crippen LogP contribution >= 0.6 is 11.8 Å². The SMILES string of the molecule is CSc1c(F)cc(CN)cc1F. The van der Waals surface area contributed by atoms with Crippen molar-refractivity contribution < 1.29 is 8.78 Å². The number of hydrogen-bond donors (Lipinski definition) is 1. The maximum Gasteiger partial charge on any atom is 0.140 e. The molecule has 2 N–H and O–H groups in total. The van der Waals surface area contributed by atoms with Crippen LogP contribution in [0.15, 0.2) is 17.0 Å². The topological polar surface area (TPSA) is 26.0 Å². The van der Waals surface area contributed by atoms with Crippen LogP contribution in [0.1, 0.15) is 5.56 Å². The van der Waals surface area contributed by atoms with Crippen molar-refractivity contribution in [3.63, 3.8) is 0 Å². The van der Waals surface area contributed by atoms with Crippen LogP contribution in [0, 0.1) is 11.6 Å². The minimum absolute atomic E-state index is 0.0483. The highest BCUT2D eigenvalue weighted by Crippen LogP contribution is 2.23. The van der Waals surface area contributed by atoms with E-state index in [1.807, 2.05) is 0 Å². The molecule has 0 saturated carbocycles. The van der Waals surface area contributed by atoms with Crippen molar-refractivity contribution >= 4 is 11.8 Å². The van der Waals surface area contributed by atoms with Crippen LogP contribution in [0.4, 0.5) is 8.78 Å². The fraction of sp³-hybridized carbons (Fsp3) is 0.250. The maximum atomic E-state index is 13.0. The van der Waals surface area contributed by atoms with Gasteiger partial charge in [-0.25, -0.2) is 8.78 Å². The molecule has 0 saturated heterocycles. The summed E-state index contributed by atoms with van der Waals surface area (Å²) in [6, 6.07) is 2.52. The fourth-order valence-corrected chi connectivity index (χ4v) is 1.43. The van der Waals surface area contributed by atoms with Crippen molar-refractivity contribution in [1.29, 1.82) is 0 Å². The van der Waals surface area contributed by atoms with E-state index >= 15 is 0 Å². The van der Waals surface area contributed by atoms with Gasteiger partial charge in [0.15, 0.2) is 0 Å². The lowest BCUT2D eigenvalue weighted by atomic mass is 10.2. The summed E-state index contributed by atoms with van der Waals surface area (Å²) >= 11 is 1.05. The Bertz CT molecular complexity index is 265. The van der Waals surface area contributed by atoms with Gasteiger partial charge in [-0.15, -0.1) is 11.8 Å². The summed E-state index contributed by atoms with van der Waals surface area (Å²) in [5.41, 5.74) is 5.71. The van der Waals surface area contributed by atoms with E-state index in [0.29, 0.717) is 5.56 Å². The van der Waals surface area contributed by atoms with Crippen molar-refractivity contribution in [1.82, 2.24) is 0 Å². The van der Waals surface area contributed by atoms with Gasteiger partial charge in [0.25, 0.3) is 0 Å².